The number of carbonyl (C=O) groups is 1. The van der Waals surface area contributed by atoms with Crippen molar-refractivity contribution < 1.29 is 18.8 Å². The van der Waals surface area contributed by atoms with Gasteiger partial charge < -0.3 is 14.0 Å². The van der Waals surface area contributed by atoms with Crippen LogP contribution in [0.2, 0.25) is 0 Å². The van der Waals surface area contributed by atoms with Gasteiger partial charge >= 0.3 is 6.09 Å². The van der Waals surface area contributed by atoms with Gasteiger partial charge in [0.25, 0.3) is 0 Å². The number of pyridine rings is 1. The molecule has 0 saturated heterocycles. The fourth-order valence-corrected chi connectivity index (χ4v) is 3.15. The van der Waals surface area contributed by atoms with Gasteiger partial charge in [-0.1, -0.05) is 17.3 Å². The van der Waals surface area contributed by atoms with Crippen LogP contribution < -0.4 is 10.1 Å². The third-order valence-corrected chi connectivity index (χ3v) is 4.44. The molecule has 1 amide bonds. The molecule has 0 fully saturated rings. The Morgan fingerprint density at radius 1 is 1.23 bits per heavy atom. The third kappa shape index (κ3) is 3.69. The lowest BCUT2D eigenvalue weighted by Gasteiger charge is -2.10. The Bertz CT molecular complexity index is 1210. The van der Waals surface area contributed by atoms with Crippen LogP contribution in [0.25, 0.3) is 33.5 Å². The first-order valence-electron chi connectivity index (χ1n) is 9.40. The number of aryl methyl sites for hydroxylation is 1. The molecule has 0 saturated carbocycles. The van der Waals surface area contributed by atoms with Crippen LogP contribution in [0.5, 0.6) is 5.88 Å². The maximum Gasteiger partial charge on any atom is 0.412 e. The lowest BCUT2D eigenvalue weighted by Crippen LogP contribution is -2.11. The molecule has 0 aliphatic carbocycles. The molecule has 0 unspecified atom stereocenters. The molecule has 3 aromatic heterocycles. The second-order valence-corrected chi connectivity index (χ2v) is 6.96. The van der Waals surface area contributed by atoms with E-state index in [-0.39, 0.29) is 6.10 Å². The number of carbonyl (C=O) groups excluding carboxylic acids is 1. The van der Waals surface area contributed by atoms with Crippen molar-refractivity contribution in [2.45, 2.75) is 26.9 Å². The van der Waals surface area contributed by atoms with Crippen molar-refractivity contribution in [2.75, 3.05) is 12.4 Å². The molecule has 9 nitrogen and oxygen atoms in total. The predicted octanol–water partition coefficient (Wildman–Crippen LogP) is 4.55. The predicted molar refractivity (Wildman–Crippen MR) is 111 cm³/mol. The van der Waals surface area contributed by atoms with Gasteiger partial charge in [-0.3, -0.25) is 10.4 Å². The number of H-pyrrole nitrogens is 1. The summed E-state index contributed by atoms with van der Waals surface area (Å²) in [6.07, 6.45) is -0.591. The molecule has 0 radical (unpaired) electrons. The Morgan fingerprint density at radius 2 is 2.07 bits per heavy atom. The van der Waals surface area contributed by atoms with Crippen LogP contribution in [0.1, 0.15) is 19.5 Å². The van der Waals surface area contributed by atoms with Crippen LogP contribution in [0.3, 0.4) is 0 Å². The van der Waals surface area contributed by atoms with Gasteiger partial charge in [-0.05, 0) is 44.5 Å². The number of hydrogen-bond acceptors (Lipinski definition) is 7. The third-order valence-electron chi connectivity index (χ3n) is 4.44. The first-order chi connectivity index (χ1) is 14.5. The zero-order chi connectivity index (χ0) is 21.3. The molecule has 4 rings (SSSR count). The first-order valence-corrected chi connectivity index (χ1v) is 9.40. The van der Waals surface area contributed by atoms with E-state index in [9.17, 15) is 4.79 Å². The SMILES string of the molecule is COC(=O)Nc1noc2cc(-c3c(-c4cccc(OC(C)C)n4)n[nH]c3C)ccc12. The number of hydrogen-bond donors (Lipinski definition) is 2. The average Bonchev–Trinajstić information content (AvgIpc) is 3.30. The molecule has 9 heteroatoms. The molecule has 0 bridgehead atoms. The van der Waals surface area contributed by atoms with E-state index in [0.717, 1.165) is 16.8 Å². The van der Waals surface area contributed by atoms with Crippen molar-refractivity contribution in [1.82, 2.24) is 20.3 Å². The molecule has 3 heterocycles. The summed E-state index contributed by atoms with van der Waals surface area (Å²) in [6, 6.07) is 11.2. The van der Waals surface area contributed by atoms with Crippen LogP contribution in [-0.4, -0.2) is 39.6 Å². The molecule has 0 aliphatic rings. The second-order valence-electron chi connectivity index (χ2n) is 6.96. The number of aromatic nitrogens is 4. The molecule has 0 spiro atoms. The molecule has 2 N–H and O–H groups in total. The molecular formula is C21H21N5O4. The summed E-state index contributed by atoms with van der Waals surface area (Å²) in [5.74, 6) is 0.839. The summed E-state index contributed by atoms with van der Waals surface area (Å²) in [4.78, 5) is 16.1. The topological polar surface area (TPSA) is 115 Å². The number of benzene rings is 1. The summed E-state index contributed by atoms with van der Waals surface area (Å²) < 4.78 is 15.7. The van der Waals surface area contributed by atoms with Gasteiger partial charge in [-0.15, -0.1) is 0 Å². The summed E-state index contributed by atoms with van der Waals surface area (Å²) in [5, 5.41) is 14.6. The van der Waals surface area contributed by atoms with Crippen molar-refractivity contribution in [3.63, 3.8) is 0 Å². The Kier molecular flexibility index (Phi) is 5.09. The van der Waals surface area contributed by atoms with Gasteiger partial charge in [0, 0.05) is 17.3 Å². The highest BCUT2D eigenvalue weighted by Gasteiger charge is 2.19. The molecule has 154 valence electrons. The highest BCUT2D eigenvalue weighted by Crippen LogP contribution is 2.35. The Labute approximate surface area is 172 Å². The fraction of sp³-hybridized carbons (Fsp3) is 0.238. The highest BCUT2D eigenvalue weighted by atomic mass is 16.5. The van der Waals surface area contributed by atoms with Gasteiger partial charge in [-0.2, -0.15) is 5.10 Å². The minimum atomic E-state index is -0.614. The minimum Gasteiger partial charge on any atom is -0.475 e. The standard InChI is InChI=1S/C21H21N5O4/c1-11(2)29-17-7-5-6-15(22-17)19-18(12(3)24-25-19)13-8-9-14-16(10-13)30-26-20(14)23-21(27)28-4/h5-11H,1-4H3,(H,24,25)(H,23,26,27). The van der Waals surface area contributed by atoms with E-state index < -0.39 is 6.09 Å². The van der Waals surface area contributed by atoms with Crippen LogP contribution in [-0.2, 0) is 4.74 Å². The highest BCUT2D eigenvalue weighted by molar-refractivity contribution is 5.98. The van der Waals surface area contributed by atoms with Crippen molar-refractivity contribution in [1.29, 1.82) is 0 Å². The van der Waals surface area contributed by atoms with E-state index in [1.807, 2.05) is 57.2 Å². The number of nitrogens with one attached hydrogen (secondary N) is 2. The Morgan fingerprint density at radius 3 is 2.83 bits per heavy atom. The lowest BCUT2D eigenvalue weighted by molar-refractivity contribution is 0.186. The van der Waals surface area contributed by atoms with Gasteiger partial charge in [0.15, 0.2) is 11.4 Å². The van der Waals surface area contributed by atoms with E-state index in [1.165, 1.54) is 7.11 Å². The molecule has 4 aromatic rings. The quantitative estimate of drug-likeness (QED) is 0.498. The molecule has 30 heavy (non-hydrogen) atoms. The number of ether oxygens (including phenoxy) is 2. The number of fused-ring (bicyclic) bond motifs is 1. The maximum absolute atomic E-state index is 11.5. The normalized spacial score (nSPS) is 11.1. The van der Waals surface area contributed by atoms with Crippen molar-refractivity contribution in [3.8, 4) is 28.4 Å². The van der Waals surface area contributed by atoms with Crippen molar-refractivity contribution in [2.24, 2.45) is 0 Å². The van der Waals surface area contributed by atoms with Crippen LogP contribution >= 0.6 is 0 Å². The van der Waals surface area contributed by atoms with E-state index in [0.29, 0.717) is 34.1 Å². The number of rotatable bonds is 5. The number of aromatic amines is 1. The van der Waals surface area contributed by atoms with E-state index in [1.54, 1.807) is 0 Å². The zero-order valence-electron chi connectivity index (χ0n) is 17.0. The molecule has 0 aliphatic heterocycles. The molecule has 0 atom stereocenters. The Hall–Kier alpha value is -3.88. The van der Waals surface area contributed by atoms with Crippen molar-refractivity contribution >= 4 is 22.9 Å². The Balaban J connectivity index is 1.74. The van der Waals surface area contributed by atoms with Crippen molar-refractivity contribution in [3.05, 3.63) is 42.1 Å². The summed E-state index contributed by atoms with van der Waals surface area (Å²) >= 11 is 0. The van der Waals surface area contributed by atoms with Crippen LogP contribution in [0.15, 0.2) is 40.9 Å². The van der Waals surface area contributed by atoms with E-state index in [4.69, 9.17) is 9.26 Å². The van der Waals surface area contributed by atoms with Crippen LogP contribution in [0, 0.1) is 6.92 Å². The van der Waals surface area contributed by atoms with Gasteiger partial charge in [0.1, 0.15) is 5.69 Å². The number of anilines is 1. The molecular weight excluding hydrogens is 386 g/mol. The second kappa shape index (κ2) is 7.86. The van der Waals surface area contributed by atoms with Crippen LogP contribution in [0.4, 0.5) is 10.6 Å². The number of methoxy groups -OCH3 is 1. The summed E-state index contributed by atoms with van der Waals surface area (Å²) in [7, 11) is 1.29. The minimum absolute atomic E-state index is 0.0230. The largest absolute Gasteiger partial charge is 0.475 e. The summed E-state index contributed by atoms with van der Waals surface area (Å²) in [5.41, 5.74) is 4.57. The fourth-order valence-electron chi connectivity index (χ4n) is 3.15. The maximum atomic E-state index is 11.5. The smallest absolute Gasteiger partial charge is 0.412 e. The average molecular weight is 407 g/mol. The number of nitrogens with zero attached hydrogens (tertiary/aromatic N) is 3. The van der Waals surface area contributed by atoms with Gasteiger partial charge in [0.2, 0.25) is 5.88 Å². The van der Waals surface area contributed by atoms with E-state index >= 15 is 0 Å². The lowest BCUT2D eigenvalue weighted by atomic mass is 10.0. The summed E-state index contributed by atoms with van der Waals surface area (Å²) in [6.45, 7) is 5.85. The number of amides is 1. The van der Waals surface area contributed by atoms with Gasteiger partial charge in [-0.25, -0.2) is 9.78 Å². The van der Waals surface area contributed by atoms with E-state index in [2.05, 4.69) is 30.4 Å². The van der Waals surface area contributed by atoms with Gasteiger partial charge in [0.05, 0.1) is 24.3 Å². The zero-order valence-corrected chi connectivity index (χ0v) is 17.0. The first kappa shape index (κ1) is 19.4. The molecule has 1 aromatic carbocycles. The monoisotopic (exact) mass is 407 g/mol.